The molecule has 9 nitrogen and oxygen atoms in total. The van der Waals surface area contributed by atoms with Crippen molar-refractivity contribution in [3.8, 4) is 0 Å². The molecule has 3 rings (SSSR count). The molecule has 1 aliphatic heterocycles. The molecular formula is C22H23N3O6. The van der Waals surface area contributed by atoms with E-state index in [0.717, 1.165) is 0 Å². The van der Waals surface area contributed by atoms with Crippen molar-refractivity contribution in [1.29, 1.82) is 0 Å². The molecule has 162 valence electrons. The van der Waals surface area contributed by atoms with Crippen LogP contribution in [0.4, 0.5) is 17.1 Å². The van der Waals surface area contributed by atoms with Crippen LogP contribution in [0.3, 0.4) is 0 Å². The molecule has 1 heterocycles. The van der Waals surface area contributed by atoms with Crippen molar-refractivity contribution in [3.05, 3.63) is 64.2 Å². The third-order valence-electron chi connectivity index (χ3n) is 4.80. The van der Waals surface area contributed by atoms with E-state index in [1.165, 1.54) is 29.2 Å². The van der Waals surface area contributed by atoms with Gasteiger partial charge in [0.05, 0.1) is 23.0 Å². The summed E-state index contributed by atoms with van der Waals surface area (Å²) in [6, 6.07) is 12.0. The molecule has 1 saturated heterocycles. The Labute approximate surface area is 179 Å². The summed E-state index contributed by atoms with van der Waals surface area (Å²) in [6.07, 6.45) is 0.0441. The first-order valence-electron chi connectivity index (χ1n) is 9.87. The fraction of sp³-hybridized carbons (Fsp3) is 0.318. The SMILES string of the molecule is CC(C)COC(=O)c1ccc(NC(=O)[C@@H]2CC(=O)N(c3ccc([N+](=O)[O-])cc3)C2)cc1. The molecule has 0 radical (unpaired) electrons. The van der Waals surface area contributed by atoms with Crippen LogP contribution in [0, 0.1) is 22.0 Å². The van der Waals surface area contributed by atoms with Gasteiger partial charge in [0, 0.05) is 36.5 Å². The van der Waals surface area contributed by atoms with E-state index in [0.29, 0.717) is 23.5 Å². The summed E-state index contributed by atoms with van der Waals surface area (Å²) in [5.41, 5.74) is 1.34. The van der Waals surface area contributed by atoms with Gasteiger partial charge in [-0.05, 0) is 42.3 Å². The minimum atomic E-state index is -0.557. The van der Waals surface area contributed by atoms with E-state index in [4.69, 9.17) is 4.74 Å². The molecule has 2 aromatic carbocycles. The third kappa shape index (κ3) is 5.44. The lowest BCUT2D eigenvalue weighted by Crippen LogP contribution is -2.28. The number of hydrogen-bond acceptors (Lipinski definition) is 6. The normalized spacial score (nSPS) is 15.8. The van der Waals surface area contributed by atoms with Crippen molar-refractivity contribution >= 4 is 34.8 Å². The lowest BCUT2D eigenvalue weighted by atomic mass is 10.1. The molecule has 9 heteroatoms. The van der Waals surface area contributed by atoms with Gasteiger partial charge in [0.1, 0.15) is 0 Å². The number of hydrogen-bond donors (Lipinski definition) is 1. The molecule has 0 unspecified atom stereocenters. The van der Waals surface area contributed by atoms with Crippen LogP contribution in [0.1, 0.15) is 30.6 Å². The number of amides is 2. The Morgan fingerprint density at radius 3 is 2.39 bits per heavy atom. The smallest absolute Gasteiger partial charge is 0.338 e. The van der Waals surface area contributed by atoms with Crippen molar-refractivity contribution in [1.82, 2.24) is 0 Å². The van der Waals surface area contributed by atoms with Gasteiger partial charge in [-0.2, -0.15) is 0 Å². The van der Waals surface area contributed by atoms with Crippen LogP contribution in [-0.4, -0.2) is 35.9 Å². The predicted molar refractivity (Wildman–Crippen MR) is 114 cm³/mol. The number of nitrogens with zero attached hydrogens (tertiary/aromatic N) is 2. The maximum absolute atomic E-state index is 12.6. The summed E-state index contributed by atoms with van der Waals surface area (Å²) < 4.78 is 5.17. The second-order valence-electron chi connectivity index (χ2n) is 7.74. The molecule has 1 aliphatic rings. The molecule has 0 saturated carbocycles. The topological polar surface area (TPSA) is 119 Å². The first kappa shape index (κ1) is 21.9. The molecule has 0 aromatic heterocycles. The molecule has 31 heavy (non-hydrogen) atoms. The number of benzene rings is 2. The van der Waals surface area contributed by atoms with Crippen LogP contribution >= 0.6 is 0 Å². The minimum Gasteiger partial charge on any atom is -0.462 e. The number of nitro benzene ring substituents is 1. The Hall–Kier alpha value is -3.75. The maximum Gasteiger partial charge on any atom is 0.338 e. The average Bonchev–Trinajstić information content (AvgIpc) is 3.14. The third-order valence-corrected chi connectivity index (χ3v) is 4.80. The van der Waals surface area contributed by atoms with Gasteiger partial charge in [0.2, 0.25) is 11.8 Å². The molecule has 1 fully saturated rings. The average molecular weight is 425 g/mol. The van der Waals surface area contributed by atoms with Crippen LogP contribution in [-0.2, 0) is 14.3 Å². The second-order valence-corrected chi connectivity index (χ2v) is 7.74. The van der Waals surface area contributed by atoms with E-state index < -0.39 is 16.8 Å². The predicted octanol–water partition coefficient (Wildman–Crippen LogP) is 3.40. The highest BCUT2D eigenvalue weighted by Crippen LogP contribution is 2.27. The molecule has 2 aromatic rings. The lowest BCUT2D eigenvalue weighted by Gasteiger charge is -2.16. The van der Waals surface area contributed by atoms with Gasteiger partial charge in [-0.1, -0.05) is 13.8 Å². The Balaban J connectivity index is 1.59. The fourth-order valence-electron chi connectivity index (χ4n) is 3.15. The Kier molecular flexibility index (Phi) is 6.64. The highest BCUT2D eigenvalue weighted by Gasteiger charge is 2.35. The van der Waals surface area contributed by atoms with Gasteiger partial charge in [-0.15, -0.1) is 0 Å². The van der Waals surface area contributed by atoms with E-state index in [1.807, 2.05) is 13.8 Å². The summed E-state index contributed by atoms with van der Waals surface area (Å²) in [7, 11) is 0. The summed E-state index contributed by atoms with van der Waals surface area (Å²) in [5.74, 6) is -1.28. The number of non-ortho nitro benzene ring substituents is 1. The number of nitrogens with one attached hydrogen (secondary N) is 1. The highest BCUT2D eigenvalue weighted by atomic mass is 16.6. The molecule has 0 aliphatic carbocycles. The number of carbonyl (C=O) groups excluding carboxylic acids is 3. The van der Waals surface area contributed by atoms with E-state index in [9.17, 15) is 24.5 Å². The first-order valence-corrected chi connectivity index (χ1v) is 9.87. The number of nitro groups is 1. The molecule has 2 amide bonds. The van der Waals surface area contributed by atoms with Crippen LogP contribution in [0.25, 0.3) is 0 Å². The number of ether oxygens (including phenoxy) is 1. The molecular weight excluding hydrogens is 402 g/mol. The summed E-state index contributed by atoms with van der Waals surface area (Å²) >= 11 is 0. The van der Waals surface area contributed by atoms with Gasteiger partial charge < -0.3 is 15.0 Å². The van der Waals surface area contributed by atoms with Gasteiger partial charge in [-0.3, -0.25) is 19.7 Å². The van der Waals surface area contributed by atoms with Crippen molar-refractivity contribution in [2.24, 2.45) is 11.8 Å². The number of carbonyl (C=O) groups is 3. The largest absolute Gasteiger partial charge is 0.462 e. The fourth-order valence-corrected chi connectivity index (χ4v) is 3.15. The summed E-state index contributed by atoms with van der Waals surface area (Å²) in [6.45, 7) is 4.41. The quantitative estimate of drug-likeness (QED) is 0.413. The number of anilines is 2. The van der Waals surface area contributed by atoms with Crippen molar-refractivity contribution < 1.29 is 24.0 Å². The number of rotatable bonds is 7. The zero-order valence-electron chi connectivity index (χ0n) is 17.2. The minimum absolute atomic E-state index is 0.0441. The van der Waals surface area contributed by atoms with Crippen LogP contribution in [0.5, 0.6) is 0 Å². The highest BCUT2D eigenvalue weighted by molar-refractivity contribution is 6.03. The van der Waals surface area contributed by atoms with E-state index >= 15 is 0 Å². The maximum atomic E-state index is 12.6. The van der Waals surface area contributed by atoms with Crippen molar-refractivity contribution in [2.75, 3.05) is 23.4 Å². The standard InChI is InChI=1S/C22H23N3O6/c1-14(2)13-31-22(28)15-3-5-17(6-4-15)23-21(27)16-11-20(26)24(12-16)18-7-9-19(10-8-18)25(29)30/h3-10,14,16H,11-13H2,1-2H3,(H,23,27)/t16-/m1/s1. The zero-order chi connectivity index (χ0) is 22.5. The van der Waals surface area contributed by atoms with Gasteiger partial charge in [-0.25, -0.2) is 4.79 Å². The van der Waals surface area contributed by atoms with Gasteiger partial charge in [0.25, 0.3) is 5.69 Å². The van der Waals surface area contributed by atoms with Crippen LogP contribution in [0.2, 0.25) is 0 Å². The Morgan fingerprint density at radius 1 is 1.16 bits per heavy atom. The number of esters is 1. The van der Waals surface area contributed by atoms with E-state index in [-0.39, 0.29) is 36.4 Å². The molecule has 0 bridgehead atoms. The zero-order valence-corrected chi connectivity index (χ0v) is 17.2. The molecule has 0 spiro atoms. The van der Waals surface area contributed by atoms with Crippen molar-refractivity contribution in [2.45, 2.75) is 20.3 Å². The first-order chi connectivity index (χ1) is 14.7. The Morgan fingerprint density at radius 2 is 1.81 bits per heavy atom. The second kappa shape index (κ2) is 9.38. The Bertz CT molecular complexity index is 985. The van der Waals surface area contributed by atoms with E-state index in [2.05, 4.69) is 5.32 Å². The van der Waals surface area contributed by atoms with Crippen molar-refractivity contribution in [3.63, 3.8) is 0 Å². The van der Waals surface area contributed by atoms with Crippen LogP contribution in [0.15, 0.2) is 48.5 Å². The molecule has 1 N–H and O–H groups in total. The molecule has 1 atom stereocenters. The summed E-state index contributed by atoms with van der Waals surface area (Å²) in [4.78, 5) is 48.6. The van der Waals surface area contributed by atoms with Gasteiger partial charge in [0.15, 0.2) is 0 Å². The summed E-state index contributed by atoms with van der Waals surface area (Å²) in [5, 5.41) is 13.5. The lowest BCUT2D eigenvalue weighted by molar-refractivity contribution is -0.384. The van der Waals surface area contributed by atoms with Crippen LogP contribution < -0.4 is 10.2 Å². The monoisotopic (exact) mass is 425 g/mol. The van der Waals surface area contributed by atoms with Gasteiger partial charge >= 0.3 is 5.97 Å². The van der Waals surface area contributed by atoms with E-state index in [1.54, 1.807) is 24.3 Å².